The first-order chi connectivity index (χ1) is 10.4. The fourth-order valence-corrected chi connectivity index (χ4v) is 2.35. The highest BCUT2D eigenvalue weighted by Gasteiger charge is 2.32. The predicted octanol–water partition coefficient (Wildman–Crippen LogP) is 4.99. The zero-order chi connectivity index (χ0) is 15.7. The summed E-state index contributed by atoms with van der Waals surface area (Å²) >= 11 is 0. The van der Waals surface area contributed by atoms with Crippen molar-refractivity contribution in [3.63, 3.8) is 0 Å². The molecule has 22 heavy (non-hydrogen) atoms. The van der Waals surface area contributed by atoms with Crippen molar-refractivity contribution in [3.8, 4) is 16.9 Å². The second-order valence-corrected chi connectivity index (χ2v) is 4.87. The molecule has 5 heteroatoms. The molecule has 0 aromatic heterocycles. The molecule has 0 radical (unpaired) electrons. The van der Waals surface area contributed by atoms with Gasteiger partial charge in [-0.15, -0.1) is 13.2 Å². The van der Waals surface area contributed by atoms with Gasteiger partial charge in [0.25, 0.3) is 0 Å². The fourth-order valence-electron chi connectivity index (χ4n) is 2.35. The number of alkyl halides is 3. The van der Waals surface area contributed by atoms with Gasteiger partial charge in [0.15, 0.2) is 0 Å². The van der Waals surface area contributed by atoms with Gasteiger partial charge in [-0.2, -0.15) is 0 Å². The van der Waals surface area contributed by atoms with Gasteiger partial charge in [-0.1, -0.05) is 36.4 Å². The van der Waals surface area contributed by atoms with Crippen LogP contribution in [0.15, 0.2) is 60.7 Å². The van der Waals surface area contributed by atoms with Crippen molar-refractivity contribution in [2.45, 2.75) is 6.36 Å². The number of rotatable bonds is 2. The van der Waals surface area contributed by atoms with Crippen molar-refractivity contribution in [1.82, 2.24) is 0 Å². The van der Waals surface area contributed by atoms with Gasteiger partial charge in [-0.05, 0) is 40.6 Å². The van der Waals surface area contributed by atoms with E-state index in [0.29, 0.717) is 16.8 Å². The minimum Gasteiger partial charge on any atom is -0.405 e. The van der Waals surface area contributed by atoms with Gasteiger partial charge < -0.3 is 10.5 Å². The van der Waals surface area contributed by atoms with Crippen LogP contribution in [0.5, 0.6) is 5.75 Å². The summed E-state index contributed by atoms with van der Waals surface area (Å²) in [6, 6.07) is 16.9. The minimum absolute atomic E-state index is 0.218. The molecular formula is C17H12F3NO. The van der Waals surface area contributed by atoms with Crippen LogP contribution in [-0.2, 0) is 0 Å². The molecule has 0 aliphatic carbocycles. The molecule has 2 N–H and O–H groups in total. The third kappa shape index (κ3) is 2.98. The zero-order valence-electron chi connectivity index (χ0n) is 11.4. The van der Waals surface area contributed by atoms with E-state index < -0.39 is 6.36 Å². The van der Waals surface area contributed by atoms with Crippen molar-refractivity contribution in [3.05, 3.63) is 60.7 Å². The molecule has 0 aliphatic rings. The number of hydrogen-bond acceptors (Lipinski definition) is 2. The number of nitrogens with two attached hydrogens (primary N) is 1. The number of ether oxygens (including phenoxy) is 1. The van der Waals surface area contributed by atoms with E-state index in [1.807, 2.05) is 24.3 Å². The van der Waals surface area contributed by atoms with Gasteiger partial charge in [0.1, 0.15) is 5.75 Å². The van der Waals surface area contributed by atoms with E-state index in [1.54, 1.807) is 24.3 Å². The van der Waals surface area contributed by atoms with Gasteiger partial charge in [0.05, 0.1) is 0 Å². The smallest absolute Gasteiger partial charge is 0.405 e. The van der Waals surface area contributed by atoms with E-state index in [9.17, 15) is 13.2 Å². The summed E-state index contributed by atoms with van der Waals surface area (Å²) in [6.07, 6.45) is -4.72. The van der Waals surface area contributed by atoms with Crippen LogP contribution in [-0.4, -0.2) is 6.36 Å². The van der Waals surface area contributed by atoms with Crippen LogP contribution >= 0.6 is 0 Å². The lowest BCUT2D eigenvalue weighted by Gasteiger charge is -2.13. The number of nitrogen functional groups attached to an aromatic ring is 1. The molecule has 0 bridgehead atoms. The number of halogens is 3. The number of anilines is 1. The van der Waals surface area contributed by atoms with E-state index in [4.69, 9.17) is 5.73 Å². The quantitative estimate of drug-likeness (QED) is 0.677. The number of para-hydroxylation sites is 1. The molecule has 0 heterocycles. The van der Waals surface area contributed by atoms with Crippen LogP contribution in [0.25, 0.3) is 21.9 Å². The summed E-state index contributed by atoms with van der Waals surface area (Å²) in [7, 11) is 0. The normalized spacial score (nSPS) is 11.6. The Morgan fingerprint density at radius 2 is 1.50 bits per heavy atom. The maximum Gasteiger partial charge on any atom is 0.573 e. The first kappa shape index (κ1) is 14.3. The Bertz CT molecular complexity index is 827. The number of benzene rings is 3. The van der Waals surface area contributed by atoms with Gasteiger partial charge in [-0.3, -0.25) is 0 Å². The lowest BCUT2D eigenvalue weighted by molar-refractivity contribution is -0.274. The van der Waals surface area contributed by atoms with Crippen molar-refractivity contribution in [1.29, 1.82) is 0 Å². The average molecular weight is 303 g/mol. The molecule has 3 aromatic rings. The fraction of sp³-hybridized carbons (Fsp3) is 0.0588. The molecule has 0 fully saturated rings. The Balaban J connectivity index is 2.09. The van der Waals surface area contributed by atoms with E-state index in [0.717, 1.165) is 10.8 Å². The number of hydrogen-bond donors (Lipinski definition) is 1. The summed E-state index contributed by atoms with van der Waals surface area (Å²) in [4.78, 5) is 0. The third-order valence-corrected chi connectivity index (χ3v) is 3.29. The second-order valence-electron chi connectivity index (χ2n) is 4.87. The topological polar surface area (TPSA) is 35.2 Å². The highest BCUT2D eigenvalue weighted by atomic mass is 19.4. The van der Waals surface area contributed by atoms with Crippen LogP contribution < -0.4 is 10.5 Å². The van der Waals surface area contributed by atoms with E-state index in [2.05, 4.69) is 4.74 Å². The lowest BCUT2D eigenvalue weighted by Crippen LogP contribution is -2.17. The van der Waals surface area contributed by atoms with Crippen molar-refractivity contribution < 1.29 is 17.9 Å². The maximum atomic E-state index is 12.5. The van der Waals surface area contributed by atoms with E-state index >= 15 is 0 Å². The van der Waals surface area contributed by atoms with Crippen molar-refractivity contribution in [2.24, 2.45) is 0 Å². The zero-order valence-corrected chi connectivity index (χ0v) is 11.4. The average Bonchev–Trinajstić information content (AvgIpc) is 2.46. The summed E-state index contributed by atoms with van der Waals surface area (Å²) in [5.74, 6) is -0.218. The third-order valence-electron chi connectivity index (χ3n) is 3.29. The van der Waals surface area contributed by atoms with Crippen molar-refractivity contribution >= 4 is 16.5 Å². The molecule has 3 rings (SSSR count). The highest BCUT2D eigenvalue weighted by Crippen LogP contribution is 2.35. The second kappa shape index (κ2) is 5.26. The van der Waals surface area contributed by atoms with E-state index in [1.165, 1.54) is 12.1 Å². The van der Waals surface area contributed by atoms with Crippen LogP contribution in [0.2, 0.25) is 0 Å². The number of fused-ring (bicyclic) bond motifs is 1. The Hall–Kier alpha value is -2.69. The molecule has 3 aromatic carbocycles. The SMILES string of the molecule is Nc1ccc2cc(-c3ccccc3OC(F)(F)F)ccc2c1. The molecule has 0 unspecified atom stereocenters. The predicted molar refractivity (Wildman–Crippen MR) is 80.5 cm³/mol. The molecule has 0 saturated carbocycles. The maximum absolute atomic E-state index is 12.5. The Morgan fingerprint density at radius 1 is 0.818 bits per heavy atom. The largest absolute Gasteiger partial charge is 0.573 e. The highest BCUT2D eigenvalue weighted by molar-refractivity contribution is 5.90. The summed E-state index contributed by atoms with van der Waals surface area (Å²) in [6.45, 7) is 0. The summed E-state index contributed by atoms with van der Waals surface area (Å²) in [5, 5.41) is 1.83. The monoisotopic (exact) mass is 303 g/mol. The lowest BCUT2D eigenvalue weighted by atomic mass is 10.0. The Kier molecular flexibility index (Phi) is 3.41. The van der Waals surface area contributed by atoms with Gasteiger partial charge in [-0.25, -0.2) is 0 Å². The van der Waals surface area contributed by atoms with Crippen LogP contribution in [0.3, 0.4) is 0 Å². The Labute approximate surface area is 124 Å². The first-order valence-electron chi connectivity index (χ1n) is 6.57. The molecule has 0 amide bonds. The standard InChI is InChI=1S/C17H12F3NO/c18-17(19,20)22-16-4-2-1-3-15(16)13-6-5-12-10-14(21)8-7-11(12)9-13/h1-10H,21H2. The van der Waals surface area contributed by atoms with E-state index in [-0.39, 0.29) is 5.75 Å². The summed E-state index contributed by atoms with van der Waals surface area (Å²) < 4.78 is 41.6. The van der Waals surface area contributed by atoms with Gasteiger partial charge >= 0.3 is 6.36 Å². The molecular weight excluding hydrogens is 291 g/mol. The van der Waals surface area contributed by atoms with Crippen LogP contribution in [0, 0.1) is 0 Å². The molecule has 0 atom stereocenters. The Morgan fingerprint density at radius 3 is 2.27 bits per heavy atom. The first-order valence-corrected chi connectivity index (χ1v) is 6.57. The molecule has 0 aliphatic heterocycles. The van der Waals surface area contributed by atoms with Gasteiger partial charge in [0, 0.05) is 11.3 Å². The van der Waals surface area contributed by atoms with Crippen molar-refractivity contribution in [2.75, 3.05) is 5.73 Å². The molecule has 0 saturated heterocycles. The molecule has 0 spiro atoms. The molecule has 112 valence electrons. The van der Waals surface area contributed by atoms with Gasteiger partial charge in [0.2, 0.25) is 0 Å². The molecule has 2 nitrogen and oxygen atoms in total. The van der Waals surface area contributed by atoms with Crippen LogP contribution in [0.4, 0.5) is 18.9 Å². The summed E-state index contributed by atoms with van der Waals surface area (Å²) in [5.41, 5.74) is 7.40. The van der Waals surface area contributed by atoms with Crippen LogP contribution in [0.1, 0.15) is 0 Å². The minimum atomic E-state index is -4.72.